The summed E-state index contributed by atoms with van der Waals surface area (Å²) >= 11 is 0. The van der Waals surface area contributed by atoms with E-state index in [1.807, 2.05) is 37.3 Å². The minimum absolute atomic E-state index is 0.122. The van der Waals surface area contributed by atoms with E-state index < -0.39 is 10.0 Å². The Hall–Kier alpha value is -1.89. The SMILES string of the molecule is Cc1nc(NS(=O)(=O)CC(C)C2CC2)nn1-c1ccccc1. The zero-order chi connectivity index (χ0) is 15.7. The van der Waals surface area contributed by atoms with Crippen LogP contribution in [0.4, 0.5) is 5.95 Å². The zero-order valence-corrected chi connectivity index (χ0v) is 13.5. The van der Waals surface area contributed by atoms with Gasteiger partial charge in [-0.05, 0) is 43.7 Å². The number of nitrogens with one attached hydrogen (secondary N) is 1. The topological polar surface area (TPSA) is 76.9 Å². The summed E-state index contributed by atoms with van der Waals surface area (Å²) in [6.45, 7) is 3.78. The van der Waals surface area contributed by atoms with Crippen molar-refractivity contribution in [3.05, 3.63) is 36.2 Å². The average Bonchev–Trinajstić information content (AvgIpc) is 3.24. The molecule has 3 rings (SSSR count). The predicted molar refractivity (Wildman–Crippen MR) is 85.4 cm³/mol. The van der Waals surface area contributed by atoms with Crippen molar-refractivity contribution in [1.29, 1.82) is 0 Å². The summed E-state index contributed by atoms with van der Waals surface area (Å²) in [5.41, 5.74) is 0.851. The van der Waals surface area contributed by atoms with E-state index in [9.17, 15) is 8.42 Å². The molecule has 0 radical (unpaired) electrons. The molecule has 1 aromatic carbocycles. The van der Waals surface area contributed by atoms with Gasteiger partial charge in [0, 0.05) is 0 Å². The van der Waals surface area contributed by atoms with Crippen LogP contribution in [-0.2, 0) is 10.0 Å². The van der Waals surface area contributed by atoms with Gasteiger partial charge in [-0.1, -0.05) is 25.1 Å². The first-order valence-electron chi connectivity index (χ1n) is 7.44. The van der Waals surface area contributed by atoms with Gasteiger partial charge < -0.3 is 0 Å². The summed E-state index contributed by atoms with van der Waals surface area (Å²) in [5, 5.41) is 4.25. The third-order valence-electron chi connectivity index (χ3n) is 3.93. The van der Waals surface area contributed by atoms with Gasteiger partial charge in [0.15, 0.2) is 0 Å². The quantitative estimate of drug-likeness (QED) is 0.886. The number of anilines is 1. The summed E-state index contributed by atoms with van der Waals surface area (Å²) in [5.74, 6) is 1.61. The second-order valence-electron chi connectivity index (χ2n) is 5.93. The molecule has 1 heterocycles. The van der Waals surface area contributed by atoms with E-state index in [1.165, 1.54) is 0 Å². The number of benzene rings is 1. The molecule has 1 unspecified atom stereocenters. The summed E-state index contributed by atoms with van der Waals surface area (Å²) in [7, 11) is -3.41. The molecule has 7 heteroatoms. The van der Waals surface area contributed by atoms with Crippen LogP contribution in [0.5, 0.6) is 0 Å². The summed E-state index contributed by atoms with van der Waals surface area (Å²) in [4.78, 5) is 4.20. The lowest BCUT2D eigenvalue weighted by atomic mass is 10.1. The molecule has 6 nitrogen and oxygen atoms in total. The van der Waals surface area contributed by atoms with Gasteiger partial charge in [-0.2, -0.15) is 4.98 Å². The molecule has 1 N–H and O–H groups in total. The molecule has 0 amide bonds. The zero-order valence-electron chi connectivity index (χ0n) is 12.7. The summed E-state index contributed by atoms with van der Waals surface area (Å²) in [6.07, 6.45) is 2.27. The first-order valence-corrected chi connectivity index (χ1v) is 9.09. The van der Waals surface area contributed by atoms with Crippen molar-refractivity contribution >= 4 is 16.0 Å². The van der Waals surface area contributed by atoms with Crippen molar-refractivity contribution in [2.45, 2.75) is 26.7 Å². The molecule has 0 spiro atoms. The standard InChI is InChI=1S/C15H20N4O2S/c1-11(13-8-9-13)10-22(20,21)18-15-16-12(2)19(17-15)14-6-4-3-5-7-14/h3-7,11,13H,8-10H2,1-2H3,(H,17,18). The minimum Gasteiger partial charge on any atom is -0.250 e. The second kappa shape index (κ2) is 5.72. The number of aromatic nitrogens is 3. The lowest BCUT2D eigenvalue weighted by molar-refractivity contribution is 0.538. The van der Waals surface area contributed by atoms with Crippen LogP contribution in [0.1, 0.15) is 25.6 Å². The maximum absolute atomic E-state index is 12.2. The lowest BCUT2D eigenvalue weighted by Crippen LogP contribution is -2.23. The Morgan fingerprint density at radius 1 is 1.32 bits per heavy atom. The molecule has 1 aliphatic carbocycles. The normalized spacial score (nSPS) is 16.5. The van der Waals surface area contributed by atoms with Crippen LogP contribution >= 0.6 is 0 Å². The number of sulfonamides is 1. The molecule has 0 saturated heterocycles. The number of hydrogen-bond donors (Lipinski definition) is 1. The maximum Gasteiger partial charge on any atom is 0.256 e. The molecular weight excluding hydrogens is 300 g/mol. The van der Waals surface area contributed by atoms with Gasteiger partial charge in [0.2, 0.25) is 10.0 Å². The van der Waals surface area contributed by atoms with E-state index in [4.69, 9.17) is 0 Å². The Morgan fingerprint density at radius 2 is 2.00 bits per heavy atom. The van der Waals surface area contributed by atoms with Gasteiger partial charge in [0.1, 0.15) is 5.82 Å². The fraction of sp³-hybridized carbons (Fsp3) is 0.467. The van der Waals surface area contributed by atoms with Crippen LogP contribution in [-0.4, -0.2) is 28.9 Å². The fourth-order valence-corrected chi connectivity index (χ4v) is 3.99. The number of nitrogens with zero attached hydrogens (tertiary/aromatic N) is 3. The molecule has 1 atom stereocenters. The molecular formula is C15H20N4O2S. The summed E-state index contributed by atoms with van der Waals surface area (Å²) in [6, 6.07) is 9.51. The Kier molecular flexibility index (Phi) is 3.90. The Bertz CT molecular complexity index is 751. The Morgan fingerprint density at radius 3 is 2.64 bits per heavy atom. The highest BCUT2D eigenvalue weighted by Gasteiger charge is 2.31. The van der Waals surface area contributed by atoms with Crippen LogP contribution in [0.2, 0.25) is 0 Å². The van der Waals surface area contributed by atoms with Crippen molar-refractivity contribution in [3.8, 4) is 5.69 Å². The van der Waals surface area contributed by atoms with Crippen molar-refractivity contribution in [2.24, 2.45) is 11.8 Å². The maximum atomic E-state index is 12.2. The van der Waals surface area contributed by atoms with Crippen LogP contribution in [0.25, 0.3) is 5.69 Å². The van der Waals surface area contributed by atoms with Crippen molar-refractivity contribution in [3.63, 3.8) is 0 Å². The van der Waals surface area contributed by atoms with E-state index in [-0.39, 0.29) is 17.6 Å². The molecule has 2 aromatic rings. The molecule has 0 bridgehead atoms. The van der Waals surface area contributed by atoms with Crippen molar-refractivity contribution in [1.82, 2.24) is 14.8 Å². The van der Waals surface area contributed by atoms with Crippen LogP contribution in [0, 0.1) is 18.8 Å². The van der Waals surface area contributed by atoms with Crippen molar-refractivity contribution in [2.75, 3.05) is 10.5 Å². The fourth-order valence-electron chi connectivity index (χ4n) is 2.58. The van der Waals surface area contributed by atoms with Crippen LogP contribution in [0.3, 0.4) is 0 Å². The number of hydrogen-bond acceptors (Lipinski definition) is 4. The molecule has 1 aromatic heterocycles. The smallest absolute Gasteiger partial charge is 0.250 e. The average molecular weight is 320 g/mol. The molecule has 118 valence electrons. The van der Waals surface area contributed by atoms with Gasteiger partial charge >= 0.3 is 0 Å². The second-order valence-corrected chi connectivity index (χ2v) is 7.70. The third kappa shape index (κ3) is 3.47. The Labute approximate surface area is 130 Å². The predicted octanol–water partition coefficient (Wildman–Crippen LogP) is 2.36. The van der Waals surface area contributed by atoms with Crippen molar-refractivity contribution < 1.29 is 8.42 Å². The Balaban J connectivity index is 1.75. The van der Waals surface area contributed by atoms with Crippen LogP contribution in [0.15, 0.2) is 30.3 Å². The highest BCUT2D eigenvalue weighted by Crippen LogP contribution is 2.37. The van der Waals surface area contributed by atoms with Gasteiger partial charge in [0.25, 0.3) is 5.95 Å². The monoisotopic (exact) mass is 320 g/mol. The van der Waals surface area contributed by atoms with E-state index >= 15 is 0 Å². The van der Waals surface area contributed by atoms with E-state index in [2.05, 4.69) is 14.8 Å². The lowest BCUT2D eigenvalue weighted by Gasteiger charge is -2.10. The first-order chi connectivity index (χ1) is 10.4. The minimum atomic E-state index is -3.41. The highest BCUT2D eigenvalue weighted by molar-refractivity contribution is 7.92. The molecule has 0 aliphatic heterocycles. The van der Waals surface area contributed by atoms with Crippen LogP contribution < -0.4 is 4.72 Å². The third-order valence-corrected chi connectivity index (χ3v) is 5.38. The largest absolute Gasteiger partial charge is 0.256 e. The number of para-hydroxylation sites is 1. The molecule has 22 heavy (non-hydrogen) atoms. The van der Waals surface area contributed by atoms with Gasteiger partial charge in [-0.25, -0.2) is 17.8 Å². The van der Waals surface area contributed by atoms with E-state index in [0.29, 0.717) is 11.7 Å². The molecule has 1 saturated carbocycles. The van der Waals surface area contributed by atoms with Gasteiger partial charge in [0.05, 0.1) is 11.4 Å². The molecule has 1 fully saturated rings. The van der Waals surface area contributed by atoms with Gasteiger partial charge in [-0.3, -0.25) is 0 Å². The first kappa shape index (κ1) is 15.0. The highest BCUT2D eigenvalue weighted by atomic mass is 32.2. The number of rotatable bonds is 6. The van der Waals surface area contributed by atoms with E-state index in [0.717, 1.165) is 18.5 Å². The summed E-state index contributed by atoms with van der Waals surface area (Å²) < 4.78 is 28.5. The van der Waals surface area contributed by atoms with E-state index in [1.54, 1.807) is 11.6 Å². The van der Waals surface area contributed by atoms with Gasteiger partial charge in [-0.15, -0.1) is 5.10 Å². The number of aryl methyl sites for hydroxylation is 1. The molecule has 1 aliphatic rings.